The number of nitrogens with zero attached hydrogens (tertiary/aromatic N) is 2. The number of carbonyl (C=O) groups excluding carboxylic acids is 2. The Morgan fingerprint density at radius 2 is 1.76 bits per heavy atom. The Labute approximate surface area is 248 Å². The van der Waals surface area contributed by atoms with E-state index in [-0.39, 0.29) is 24.4 Å². The molecule has 0 saturated carbocycles. The molecule has 2 aromatic heterocycles. The van der Waals surface area contributed by atoms with Crippen molar-refractivity contribution >= 4 is 45.7 Å². The van der Waals surface area contributed by atoms with Crippen LogP contribution in [0.25, 0.3) is 22.1 Å². The maximum atomic E-state index is 13.2. The van der Waals surface area contributed by atoms with Crippen LogP contribution in [0.3, 0.4) is 0 Å². The first-order valence-corrected chi connectivity index (χ1v) is 14.0. The first-order chi connectivity index (χ1) is 20.5. The van der Waals surface area contributed by atoms with Gasteiger partial charge < -0.3 is 24.7 Å². The summed E-state index contributed by atoms with van der Waals surface area (Å²) in [6.45, 7) is 0.352. The first kappa shape index (κ1) is 27.2. The lowest BCUT2D eigenvalue weighted by molar-refractivity contribution is -0.116. The Bertz CT molecular complexity index is 1770. The van der Waals surface area contributed by atoms with Gasteiger partial charge in [-0.3, -0.25) is 9.78 Å². The maximum Gasteiger partial charge on any atom is 0.338 e. The summed E-state index contributed by atoms with van der Waals surface area (Å²) in [6.07, 6.45) is 1.94. The van der Waals surface area contributed by atoms with Crippen molar-refractivity contribution in [3.63, 3.8) is 0 Å². The minimum Gasteiger partial charge on any atom is -0.465 e. The molecule has 8 nitrogen and oxygen atoms in total. The molecule has 3 heterocycles. The zero-order valence-electron chi connectivity index (χ0n) is 22.8. The third-order valence-corrected chi connectivity index (χ3v) is 7.71. The number of aromatic nitrogens is 1. The zero-order valence-corrected chi connectivity index (χ0v) is 23.6. The lowest BCUT2D eigenvalue weighted by Crippen LogP contribution is -2.32. The summed E-state index contributed by atoms with van der Waals surface area (Å²) in [5.41, 5.74) is 2.59. The van der Waals surface area contributed by atoms with Crippen LogP contribution in [0.2, 0.25) is 0 Å². The number of benzene rings is 3. The summed E-state index contributed by atoms with van der Waals surface area (Å²) in [7, 11) is 1.35. The average Bonchev–Trinajstić information content (AvgIpc) is 3.64. The Hall–Kier alpha value is -5.02. The van der Waals surface area contributed by atoms with E-state index in [1.54, 1.807) is 18.3 Å². The van der Waals surface area contributed by atoms with Gasteiger partial charge in [0, 0.05) is 35.8 Å². The minimum absolute atomic E-state index is 0.124. The predicted molar refractivity (Wildman–Crippen MR) is 165 cm³/mol. The molecule has 0 unspecified atom stereocenters. The number of amides is 1. The fourth-order valence-corrected chi connectivity index (χ4v) is 5.70. The topological polar surface area (TPSA) is 96.7 Å². The highest BCUT2D eigenvalue weighted by molar-refractivity contribution is 7.80. The van der Waals surface area contributed by atoms with Crippen LogP contribution in [0.1, 0.15) is 40.3 Å². The lowest BCUT2D eigenvalue weighted by atomic mass is 10.0. The number of hydrogen-bond donors (Lipinski definition) is 2. The van der Waals surface area contributed by atoms with Crippen molar-refractivity contribution in [3.05, 3.63) is 120 Å². The maximum absolute atomic E-state index is 13.2. The molecule has 1 saturated heterocycles. The van der Waals surface area contributed by atoms with Crippen LogP contribution in [-0.4, -0.2) is 40.5 Å². The summed E-state index contributed by atoms with van der Waals surface area (Å²) in [6, 6.07) is 29.7. The van der Waals surface area contributed by atoms with Gasteiger partial charge in [0.25, 0.3) is 0 Å². The highest BCUT2D eigenvalue weighted by atomic mass is 32.1. The highest BCUT2D eigenvalue weighted by Gasteiger charge is 2.41. The molecule has 42 heavy (non-hydrogen) atoms. The molecule has 9 heteroatoms. The number of anilines is 1. The number of hydrogen-bond acceptors (Lipinski definition) is 6. The van der Waals surface area contributed by atoms with Crippen LogP contribution in [-0.2, 0) is 9.53 Å². The molecule has 2 atom stereocenters. The molecule has 2 N–H and O–H groups in total. The number of carbonyl (C=O) groups is 2. The minimum atomic E-state index is -0.447. The molecule has 1 amide bonds. The van der Waals surface area contributed by atoms with Crippen molar-refractivity contribution in [2.75, 3.05) is 19.0 Å². The normalized spacial score (nSPS) is 16.3. The second-order valence-corrected chi connectivity index (χ2v) is 10.3. The smallest absolute Gasteiger partial charge is 0.338 e. The first-order valence-electron chi connectivity index (χ1n) is 13.6. The van der Waals surface area contributed by atoms with Crippen LogP contribution in [0.4, 0.5) is 5.69 Å². The van der Waals surface area contributed by atoms with Crippen LogP contribution in [0, 0.1) is 0 Å². The molecule has 210 valence electrons. The Balaban J connectivity index is 1.28. The second kappa shape index (κ2) is 11.8. The van der Waals surface area contributed by atoms with E-state index >= 15 is 0 Å². The van der Waals surface area contributed by atoms with Gasteiger partial charge in [0.05, 0.1) is 24.4 Å². The van der Waals surface area contributed by atoms with Gasteiger partial charge in [-0.05, 0) is 54.0 Å². The molecule has 6 rings (SSSR count). The van der Waals surface area contributed by atoms with Crippen molar-refractivity contribution in [2.45, 2.75) is 18.5 Å². The monoisotopic (exact) mass is 576 g/mol. The van der Waals surface area contributed by atoms with Gasteiger partial charge in [-0.2, -0.15) is 0 Å². The van der Waals surface area contributed by atoms with E-state index in [1.165, 1.54) is 7.11 Å². The third kappa shape index (κ3) is 5.34. The summed E-state index contributed by atoms with van der Waals surface area (Å²) in [5.74, 6) is 0.582. The van der Waals surface area contributed by atoms with Gasteiger partial charge >= 0.3 is 5.97 Å². The molecule has 1 aliphatic rings. The lowest BCUT2D eigenvalue weighted by Gasteiger charge is -2.26. The van der Waals surface area contributed by atoms with E-state index in [0.29, 0.717) is 34.3 Å². The summed E-state index contributed by atoms with van der Waals surface area (Å²) < 4.78 is 11.4. The standard InChI is InChI=1S/C33H28N4O4S/c1-40-32(39)24-13-5-4-12-23(24)27-16-17-28(41-27)31-30(26-14-6-7-19-34-26)36-33(42)37(31)20-18-29(38)35-25-15-8-10-21-9-2-3-11-22(21)25/h2-17,19,30-31H,18,20H2,1H3,(H,35,38)(H,36,42)/t30-,31+/m0/s1. The van der Waals surface area contributed by atoms with E-state index in [9.17, 15) is 9.59 Å². The van der Waals surface area contributed by atoms with Gasteiger partial charge in [0.15, 0.2) is 5.11 Å². The van der Waals surface area contributed by atoms with Crippen LogP contribution >= 0.6 is 12.2 Å². The number of fused-ring (bicyclic) bond motifs is 1. The highest BCUT2D eigenvalue weighted by Crippen LogP contribution is 2.41. The van der Waals surface area contributed by atoms with Crippen LogP contribution < -0.4 is 10.6 Å². The fraction of sp³-hybridized carbons (Fsp3) is 0.152. The molecule has 1 fully saturated rings. The van der Waals surface area contributed by atoms with Crippen LogP contribution in [0.15, 0.2) is 108 Å². The van der Waals surface area contributed by atoms with E-state index in [0.717, 1.165) is 22.2 Å². The largest absolute Gasteiger partial charge is 0.465 e. The Morgan fingerprint density at radius 1 is 0.976 bits per heavy atom. The Morgan fingerprint density at radius 3 is 2.60 bits per heavy atom. The number of nitrogens with one attached hydrogen (secondary N) is 2. The van der Waals surface area contributed by atoms with Gasteiger partial charge in [0.2, 0.25) is 5.91 Å². The Kier molecular flexibility index (Phi) is 7.66. The summed E-state index contributed by atoms with van der Waals surface area (Å²) >= 11 is 5.76. The van der Waals surface area contributed by atoms with Gasteiger partial charge in [-0.25, -0.2) is 4.79 Å². The average molecular weight is 577 g/mol. The quantitative estimate of drug-likeness (QED) is 0.165. The molecule has 1 aliphatic heterocycles. The molecule has 3 aromatic carbocycles. The number of ether oxygens (including phenoxy) is 1. The summed E-state index contributed by atoms with van der Waals surface area (Å²) in [4.78, 5) is 32.1. The number of methoxy groups -OCH3 is 1. The predicted octanol–water partition coefficient (Wildman–Crippen LogP) is 6.28. The second-order valence-electron chi connectivity index (χ2n) is 9.88. The molecule has 0 aliphatic carbocycles. The third-order valence-electron chi connectivity index (χ3n) is 7.36. The van der Waals surface area contributed by atoms with Crippen molar-refractivity contribution in [1.82, 2.24) is 15.2 Å². The zero-order chi connectivity index (χ0) is 29.1. The van der Waals surface area contributed by atoms with Crippen LogP contribution in [0.5, 0.6) is 0 Å². The molecule has 0 spiro atoms. The fourth-order valence-electron chi connectivity index (χ4n) is 5.37. The molecule has 0 radical (unpaired) electrons. The summed E-state index contributed by atoms with van der Waals surface area (Å²) in [5, 5.41) is 8.98. The van der Waals surface area contributed by atoms with Gasteiger partial charge in [-0.1, -0.05) is 60.7 Å². The van der Waals surface area contributed by atoms with E-state index in [2.05, 4.69) is 15.6 Å². The molecule has 5 aromatic rings. The number of furan rings is 1. The van der Waals surface area contributed by atoms with E-state index in [4.69, 9.17) is 21.4 Å². The van der Waals surface area contributed by atoms with Crippen molar-refractivity contribution < 1.29 is 18.7 Å². The number of thiocarbonyl (C=S) groups is 1. The molecule has 0 bridgehead atoms. The van der Waals surface area contributed by atoms with Gasteiger partial charge in [0.1, 0.15) is 17.6 Å². The number of esters is 1. The van der Waals surface area contributed by atoms with Crippen molar-refractivity contribution in [1.29, 1.82) is 0 Å². The van der Waals surface area contributed by atoms with Crippen molar-refractivity contribution in [2.24, 2.45) is 0 Å². The van der Waals surface area contributed by atoms with E-state index in [1.807, 2.05) is 89.8 Å². The number of pyridine rings is 1. The molecular weight excluding hydrogens is 548 g/mol. The number of rotatable bonds is 8. The van der Waals surface area contributed by atoms with Gasteiger partial charge in [-0.15, -0.1) is 0 Å². The van der Waals surface area contributed by atoms with E-state index < -0.39 is 5.97 Å². The SMILES string of the molecule is COC(=O)c1ccccc1-c1ccc([C@@H]2[C@H](c3ccccn3)NC(=S)N2CCC(=O)Nc2cccc3ccccc23)o1. The van der Waals surface area contributed by atoms with Crippen molar-refractivity contribution in [3.8, 4) is 11.3 Å². The molecular formula is C33H28N4O4S.